The second-order valence-corrected chi connectivity index (χ2v) is 8.66. The molecule has 3 aromatic heterocycles. The van der Waals surface area contributed by atoms with E-state index in [1.54, 1.807) is 37.3 Å². The van der Waals surface area contributed by atoms with Gasteiger partial charge in [0.15, 0.2) is 11.0 Å². The Kier molecular flexibility index (Phi) is 5.13. The van der Waals surface area contributed by atoms with Crippen LogP contribution in [0.3, 0.4) is 0 Å². The third-order valence-electron chi connectivity index (χ3n) is 4.69. The van der Waals surface area contributed by atoms with Crippen molar-refractivity contribution in [2.24, 2.45) is 0 Å². The molecule has 31 heavy (non-hydrogen) atoms. The minimum absolute atomic E-state index is 0.260. The van der Waals surface area contributed by atoms with Crippen molar-refractivity contribution in [2.45, 2.75) is 17.8 Å². The summed E-state index contributed by atoms with van der Waals surface area (Å²) in [4.78, 5) is 23.2. The van der Waals surface area contributed by atoms with Crippen LogP contribution in [0.2, 0.25) is 0 Å². The van der Waals surface area contributed by atoms with Crippen molar-refractivity contribution >= 4 is 34.0 Å². The highest BCUT2D eigenvalue weighted by Gasteiger charge is 2.16. The van der Waals surface area contributed by atoms with Gasteiger partial charge in [0, 0.05) is 0 Å². The van der Waals surface area contributed by atoms with Gasteiger partial charge < -0.3 is 4.52 Å². The number of nitrogens with zero attached hydrogens (tertiary/aromatic N) is 4. The highest BCUT2D eigenvalue weighted by atomic mass is 32.2. The van der Waals surface area contributed by atoms with Gasteiger partial charge in [-0.25, -0.2) is 9.37 Å². The molecule has 6 nitrogen and oxygen atoms in total. The molecule has 0 aliphatic rings. The first-order valence-electron chi connectivity index (χ1n) is 9.38. The Bertz CT molecular complexity index is 1440. The van der Waals surface area contributed by atoms with Gasteiger partial charge in [-0.1, -0.05) is 41.2 Å². The Morgan fingerprint density at radius 2 is 2.00 bits per heavy atom. The second-order valence-electron chi connectivity index (χ2n) is 6.77. The Labute approximate surface area is 184 Å². The molecule has 154 valence electrons. The maximum absolute atomic E-state index is 14.3. The molecule has 0 radical (unpaired) electrons. The van der Waals surface area contributed by atoms with Crippen LogP contribution in [-0.2, 0) is 5.75 Å². The molecular weight excluding hydrogens is 435 g/mol. The van der Waals surface area contributed by atoms with E-state index in [1.807, 2.05) is 23.6 Å². The van der Waals surface area contributed by atoms with Gasteiger partial charge in [0.25, 0.3) is 11.4 Å². The first kappa shape index (κ1) is 19.7. The lowest BCUT2D eigenvalue weighted by Gasteiger charge is -2.13. The summed E-state index contributed by atoms with van der Waals surface area (Å²) in [6.45, 7) is 1.68. The average Bonchev–Trinajstić information content (AvgIpc) is 3.46. The molecule has 0 spiro atoms. The number of fused-ring (bicyclic) bond motifs is 1. The normalized spacial score (nSPS) is 11.3. The number of rotatable bonds is 5. The van der Waals surface area contributed by atoms with Crippen molar-refractivity contribution in [3.05, 3.63) is 87.5 Å². The molecule has 0 aliphatic carbocycles. The van der Waals surface area contributed by atoms with E-state index in [0.717, 1.165) is 4.88 Å². The van der Waals surface area contributed by atoms with Gasteiger partial charge in [-0.3, -0.25) is 9.36 Å². The smallest absolute Gasteiger partial charge is 0.268 e. The number of para-hydroxylation sites is 1. The van der Waals surface area contributed by atoms with Gasteiger partial charge in [0.1, 0.15) is 5.82 Å². The molecule has 0 aliphatic heterocycles. The maximum Gasteiger partial charge on any atom is 0.268 e. The summed E-state index contributed by atoms with van der Waals surface area (Å²) >= 11 is 2.81. The maximum atomic E-state index is 14.3. The van der Waals surface area contributed by atoms with Crippen molar-refractivity contribution in [1.29, 1.82) is 0 Å². The molecule has 5 rings (SSSR count). The van der Waals surface area contributed by atoms with Gasteiger partial charge in [-0.05, 0) is 48.2 Å². The first-order valence-corrected chi connectivity index (χ1v) is 11.2. The van der Waals surface area contributed by atoms with Crippen molar-refractivity contribution < 1.29 is 8.91 Å². The minimum atomic E-state index is -0.382. The lowest BCUT2D eigenvalue weighted by atomic mass is 10.2. The molecule has 0 unspecified atom stereocenters. The van der Waals surface area contributed by atoms with Gasteiger partial charge in [0.05, 0.1) is 27.2 Å². The third kappa shape index (κ3) is 3.77. The van der Waals surface area contributed by atoms with Crippen molar-refractivity contribution in [2.75, 3.05) is 0 Å². The van der Waals surface area contributed by atoms with E-state index in [9.17, 15) is 9.18 Å². The fourth-order valence-corrected chi connectivity index (χ4v) is 4.60. The summed E-state index contributed by atoms with van der Waals surface area (Å²) in [5.74, 6) is 0.897. The van der Waals surface area contributed by atoms with Crippen molar-refractivity contribution in [3.63, 3.8) is 0 Å². The van der Waals surface area contributed by atoms with Crippen LogP contribution in [0.25, 0.3) is 27.4 Å². The molecular formula is C22H15FN4O2S2. The van der Waals surface area contributed by atoms with Crippen LogP contribution in [0, 0.1) is 12.7 Å². The van der Waals surface area contributed by atoms with Crippen LogP contribution in [0.4, 0.5) is 4.39 Å². The number of thioether (sulfide) groups is 1. The minimum Gasteiger partial charge on any atom is -0.333 e. The number of aryl methyl sites for hydroxylation is 1. The lowest BCUT2D eigenvalue weighted by molar-refractivity contribution is 0.426. The number of benzene rings is 2. The Balaban J connectivity index is 1.55. The molecule has 9 heteroatoms. The fourth-order valence-electron chi connectivity index (χ4n) is 3.10. The van der Waals surface area contributed by atoms with E-state index in [4.69, 9.17) is 4.52 Å². The number of hydrogen-bond acceptors (Lipinski definition) is 7. The van der Waals surface area contributed by atoms with Gasteiger partial charge in [-0.15, -0.1) is 11.3 Å². The summed E-state index contributed by atoms with van der Waals surface area (Å²) in [7, 11) is 0. The van der Waals surface area contributed by atoms with Crippen LogP contribution in [0.5, 0.6) is 0 Å². The zero-order valence-electron chi connectivity index (χ0n) is 16.3. The number of aromatic nitrogens is 4. The highest BCUT2D eigenvalue weighted by Crippen LogP contribution is 2.27. The Morgan fingerprint density at radius 1 is 1.13 bits per heavy atom. The van der Waals surface area contributed by atoms with E-state index in [1.165, 1.54) is 33.7 Å². The van der Waals surface area contributed by atoms with E-state index >= 15 is 0 Å². The monoisotopic (exact) mass is 450 g/mol. The van der Waals surface area contributed by atoms with Gasteiger partial charge >= 0.3 is 0 Å². The summed E-state index contributed by atoms with van der Waals surface area (Å²) in [5, 5.41) is 6.85. The van der Waals surface area contributed by atoms with Crippen molar-refractivity contribution in [3.8, 4) is 16.5 Å². The summed E-state index contributed by atoms with van der Waals surface area (Å²) in [5.41, 5.74) is 1.24. The van der Waals surface area contributed by atoms with Gasteiger partial charge in [-0.2, -0.15) is 4.98 Å². The zero-order valence-corrected chi connectivity index (χ0v) is 17.9. The van der Waals surface area contributed by atoms with Crippen molar-refractivity contribution in [1.82, 2.24) is 19.7 Å². The number of thiophene rings is 1. The molecule has 0 fully saturated rings. The Morgan fingerprint density at radius 3 is 2.81 bits per heavy atom. The van der Waals surface area contributed by atoms with Crippen LogP contribution >= 0.6 is 23.1 Å². The molecule has 0 saturated carbocycles. The van der Waals surface area contributed by atoms with Crippen LogP contribution < -0.4 is 5.56 Å². The first-order chi connectivity index (χ1) is 15.1. The fraction of sp³-hybridized carbons (Fsp3) is 0.0909. The molecule has 2 aromatic carbocycles. The van der Waals surface area contributed by atoms with Crippen LogP contribution in [-0.4, -0.2) is 19.7 Å². The standard InChI is InChI=1S/C22H15FN4O2S2/c1-13-8-9-14(11-16(13)23)27-21(28)15-5-2-3-6-17(15)24-22(27)31-12-19-25-20(29-26-19)18-7-4-10-30-18/h2-11H,12H2,1H3. The van der Waals surface area contributed by atoms with E-state index in [2.05, 4.69) is 15.1 Å². The SMILES string of the molecule is Cc1ccc(-n2c(SCc3noc(-c4cccs4)n3)nc3ccccc3c2=O)cc1F. The third-order valence-corrected chi connectivity index (χ3v) is 6.48. The number of halogens is 1. The second kappa shape index (κ2) is 8.09. The highest BCUT2D eigenvalue weighted by molar-refractivity contribution is 7.98. The molecule has 0 saturated heterocycles. The zero-order chi connectivity index (χ0) is 21.4. The summed E-state index contributed by atoms with van der Waals surface area (Å²) < 4.78 is 21.0. The average molecular weight is 451 g/mol. The summed E-state index contributed by atoms with van der Waals surface area (Å²) in [6, 6.07) is 15.6. The predicted octanol–water partition coefficient (Wildman–Crippen LogP) is 5.24. The summed E-state index contributed by atoms with van der Waals surface area (Å²) in [6.07, 6.45) is 0. The van der Waals surface area contributed by atoms with Gasteiger partial charge in [0.2, 0.25) is 0 Å². The van der Waals surface area contributed by atoms with Crippen LogP contribution in [0.1, 0.15) is 11.4 Å². The molecule has 3 heterocycles. The Hall–Kier alpha value is -3.30. The predicted molar refractivity (Wildman–Crippen MR) is 119 cm³/mol. The largest absolute Gasteiger partial charge is 0.333 e. The molecule has 0 amide bonds. The molecule has 0 N–H and O–H groups in total. The lowest BCUT2D eigenvalue weighted by Crippen LogP contribution is -2.22. The van der Waals surface area contributed by atoms with Crippen LogP contribution in [0.15, 0.2) is 74.5 Å². The topological polar surface area (TPSA) is 73.8 Å². The molecule has 0 bridgehead atoms. The quantitative estimate of drug-likeness (QED) is 0.269. The van der Waals surface area contributed by atoms with E-state index < -0.39 is 0 Å². The van der Waals surface area contributed by atoms with E-state index in [0.29, 0.717) is 44.8 Å². The molecule has 5 aromatic rings. The number of hydrogen-bond donors (Lipinski definition) is 0. The molecule has 0 atom stereocenters. The van der Waals surface area contributed by atoms with E-state index in [-0.39, 0.29) is 11.4 Å².